The van der Waals surface area contributed by atoms with E-state index in [-0.39, 0.29) is 30.7 Å². The molecule has 2 amide bonds. The molecule has 0 aromatic heterocycles. The van der Waals surface area contributed by atoms with E-state index >= 15 is 0 Å². The Labute approximate surface area is 148 Å². The Balaban J connectivity index is 1.45. The fourth-order valence-electron chi connectivity index (χ4n) is 3.59. The van der Waals surface area contributed by atoms with Gasteiger partial charge in [-0.1, -0.05) is 30.3 Å². The second kappa shape index (κ2) is 6.94. The first kappa shape index (κ1) is 17.6. The molecule has 2 aliphatic rings. The number of hydrogen-bond donors (Lipinski definition) is 1. The van der Waals surface area contributed by atoms with Gasteiger partial charge in [-0.25, -0.2) is 9.59 Å². The maximum atomic E-state index is 12.2. The number of rotatable bonds is 3. The molecule has 1 aromatic rings. The first-order valence-corrected chi connectivity index (χ1v) is 8.78. The van der Waals surface area contributed by atoms with Crippen LogP contribution in [0.1, 0.15) is 39.2 Å². The molecule has 2 bridgehead atoms. The molecular weight excluding hydrogens is 320 g/mol. The summed E-state index contributed by atoms with van der Waals surface area (Å²) in [6.07, 6.45) is 1.00. The van der Waals surface area contributed by atoms with Gasteiger partial charge in [-0.3, -0.25) is 0 Å². The molecule has 0 unspecified atom stereocenters. The van der Waals surface area contributed by atoms with Gasteiger partial charge in [0, 0.05) is 18.6 Å². The van der Waals surface area contributed by atoms with Crippen LogP contribution in [0.25, 0.3) is 0 Å². The number of piperidine rings is 1. The summed E-state index contributed by atoms with van der Waals surface area (Å²) in [5.74, 6) is 0.266. The Kier molecular flexibility index (Phi) is 4.88. The highest BCUT2D eigenvalue weighted by molar-refractivity contribution is 5.70. The number of benzene rings is 1. The third-order valence-corrected chi connectivity index (χ3v) is 4.69. The van der Waals surface area contributed by atoms with Crippen molar-refractivity contribution in [3.05, 3.63) is 35.9 Å². The minimum Gasteiger partial charge on any atom is -0.445 e. The van der Waals surface area contributed by atoms with Gasteiger partial charge in [-0.2, -0.15) is 0 Å². The number of alkyl carbamates (subject to hydrolysis) is 1. The van der Waals surface area contributed by atoms with Crippen molar-refractivity contribution in [2.24, 2.45) is 5.92 Å². The molecule has 0 spiro atoms. The fraction of sp³-hybridized carbons (Fsp3) is 0.579. The van der Waals surface area contributed by atoms with Crippen molar-refractivity contribution in [1.29, 1.82) is 0 Å². The van der Waals surface area contributed by atoms with Crippen LogP contribution in [0.2, 0.25) is 0 Å². The number of hydrogen-bond acceptors (Lipinski definition) is 4. The van der Waals surface area contributed by atoms with Crippen molar-refractivity contribution in [1.82, 2.24) is 10.2 Å². The second-order valence-corrected chi connectivity index (χ2v) is 7.83. The van der Waals surface area contributed by atoms with Gasteiger partial charge in [0.05, 0.1) is 0 Å². The molecule has 136 valence electrons. The highest BCUT2D eigenvalue weighted by atomic mass is 16.6. The van der Waals surface area contributed by atoms with Crippen molar-refractivity contribution < 1.29 is 19.1 Å². The fourth-order valence-corrected chi connectivity index (χ4v) is 3.59. The van der Waals surface area contributed by atoms with E-state index in [0.717, 1.165) is 18.4 Å². The summed E-state index contributed by atoms with van der Waals surface area (Å²) in [7, 11) is 0. The van der Waals surface area contributed by atoms with Crippen LogP contribution >= 0.6 is 0 Å². The number of ether oxygens (including phenoxy) is 2. The Morgan fingerprint density at radius 3 is 2.52 bits per heavy atom. The van der Waals surface area contributed by atoms with E-state index in [0.29, 0.717) is 6.54 Å². The van der Waals surface area contributed by atoms with Gasteiger partial charge in [-0.15, -0.1) is 0 Å². The zero-order chi connectivity index (χ0) is 18.0. The summed E-state index contributed by atoms with van der Waals surface area (Å²) in [6, 6.07) is 9.80. The highest BCUT2D eigenvalue weighted by Crippen LogP contribution is 2.38. The lowest BCUT2D eigenvalue weighted by Crippen LogP contribution is -2.48. The largest absolute Gasteiger partial charge is 0.445 e. The smallest absolute Gasteiger partial charge is 0.410 e. The summed E-state index contributed by atoms with van der Waals surface area (Å²) >= 11 is 0. The predicted octanol–water partition coefficient (Wildman–Crippen LogP) is 3.31. The number of carbonyl (C=O) groups excluding carboxylic acids is 2. The van der Waals surface area contributed by atoms with Gasteiger partial charge in [0.25, 0.3) is 0 Å². The first-order chi connectivity index (χ1) is 11.8. The van der Waals surface area contributed by atoms with Crippen molar-refractivity contribution in [3.8, 4) is 0 Å². The lowest BCUT2D eigenvalue weighted by atomic mass is 10.0. The summed E-state index contributed by atoms with van der Waals surface area (Å²) in [5, 5.41) is 2.95. The molecule has 1 aromatic carbocycles. The summed E-state index contributed by atoms with van der Waals surface area (Å²) in [6.45, 7) is 6.49. The Bertz CT molecular complexity index is 626. The molecule has 25 heavy (non-hydrogen) atoms. The molecule has 1 saturated heterocycles. The third kappa shape index (κ3) is 4.44. The van der Waals surface area contributed by atoms with Gasteiger partial charge in [0.2, 0.25) is 0 Å². The van der Waals surface area contributed by atoms with Crippen LogP contribution < -0.4 is 5.32 Å². The van der Waals surface area contributed by atoms with E-state index in [1.54, 1.807) is 4.90 Å². The zero-order valence-electron chi connectivity index (χ0n) is 15.0. The number of carbonyl (C=O) groups is 2. The molecular formula is C19H26N2O4. The standard InChI is InChI=1S/C19H26N2O4/c1-19(2,3)25-18(23)21-11-14-9-15(21)10-16(14)20-17(22)24-12-13-7-5-4-6-8-13/h4-8,14-16H,9-12H2,1-3H3,(H,20,22)/t14-,15-,16+/m0/s1. The van der Waals surface area contributed by atoms with Gasteiger partial charge in [0.15, 0.2) is 0 Å². The Hall–Kier alpha value is -2.24. The van der Waals surface area contributed by atoms with E-state index in [4.69, 9.17) is 9.47 Å². The lowest BCUT2D eigenvalue weighted by molar-refractivity contribution is 0.0175. The molecule has 1 N–H and O–H groups in total. The molecule has 1 aliphatic heterocycles. The van der Waals surface area contributed by atoms with Crippen molar-refractivity contribution in [3.63, 3.8) is 0 Å². The van der Waals surface area contributed by atoms with Crippen LogP contribution in [-0.4, -0.2) is 41.3 Å². The maximum absolute atomic E-state index is 12.2. The number of nitrogens with zero attached hydrogens (tertiary/aromatic N) is 1. The maximum Gasteiger partial charge on any atom is 0.410 e. The van der Waals surface area contributed by atoms with E-state index in [2.05, 4.69) is 5.32 Å². The van der Waals surface area contributed by atoms with E-state index in [9.17, 15) is 9.59 Å². The molecule has 1 heterocycles. The average molecular weight is 346 g/mol. The first-order valence-electron chi connectivity index (χ1n) is 8.78. The van der Waals surface area contributed by atoms with Gasteiger partial charge >= 0.3 is 12.2 Å². The van der Waals surface area contributed by atoms with Crippen molar-refractivity contribution in [2.45, 2.75) is 57.9 Å². The minimum atomic E-state index is -0.488. The van der Waals surface area contributed by atoms with E-state index in [1.807, 2.05) is 51.1 Å². The quantitative estimate of drug-likeness (QED) is 0.912. The Morgan fingerprint density at radius 2 is 1.92 bits per heavy atom. The molecule has 0 radical (unpaired) electrons. The molecule has 6 nitrogen and oxygen atoms in total. The van der Waals surface area contributed by atoms with Crippen LogP contribution in [0.5, 0.6) is 0 Å². The molecule has 1 saturated carbocycles. The monoisotopic (exact) mass is 346 g/mol. The van der Waals surface area contributed by atoms with Crippen molar-refractivity contribution >= 4 is 12.2 Å². The SMILES string of the molecule is CC(C)(C)OC(=O)N1C[C@@H]2C[C@H]1C[C@H]2NC(=O)OCc1ccccc1. The van der Waals surface area contributed by atoms with Crippen molar-refractivity contribution in [2.75, 3.05) is 6.54 Å². The number of fused-ring (bicyclic) bond motifs is 2. The molecule has 2 fully saturated rings. The topological polar surface area (TPSA) is 67.9 Å². The highest BCUT2D eigenvalue weighted by Gasteiger charge is 2.48. The van der Waals surface area contributed by atoms with Crippen LogP contribution in [0.3, 0.4) is 0 Å². The summed E-state index contributed by atoms with van der Waals surface area (Å²) < 4.78 is 10.7. The van der Waals surface area contributed by atoms with Gasteiger partial charge in [-0.05, 0) is 45.1 Å². The van der Waals surface area contributed by atoms with Crippen LogP contribution in [0.4, 0.5) is 9.59 Å². The molecule has 3 rings (SSSR count). The van der Waals surface area contributed by atoms with Crippen LogP contribution in [0, 0.1) is 5.92 Å². The zero-order valence-corrected chi connectivity index (χ0v) is 15.0. The minimum absolute atomic E-state index is 0.0620. The molecule has 6 heteroatoms. The van der Waals surface area contributed by atoms with Gasteiger partial charge in [0.1, 0.15) is 12.2 Å². The predicted molar refractivity (Wildman–Crippen MR) is 93.0 cm³/mol. The number of likely N-dealkylation sites (tertiary alicyclic amines) is 1. The van der Waals surface area contributed by atoms with E-state index in [1.165, 1.54) is 0 Å². The lowest BCUT2D eigenvalue weighted by Gasteiger charge is -2.33. The number of amides is 2. The number of nitrogens with one attached hydrogen (secondary N) is 1. The normalized spacial score (nSPS) is 24.9. The Morgan fingerprint density at radius 1 is 1.20 bits per heavy atom. The second-order valence-electron chi connectivity index (χ2n) is 7.83. The summed E-state index contributed by atoms with van der Waals surface area (Å²) in [5.41, 5.74) is 0.472. The average Bonchev–Trinajstić information content (AvgIpc) is 3.12. The van der Waals surface area contributed by atoms with E-state index < -0.39 is 11.7 Å². The van der Waals surface area contributed by atoms with Gasteiger partial charge < -0.3 is 19.7 Å². The van der Waals surface area contributed by atoms with Crippen LogP contribution in [-0.2, 0) is 16.1 Å². The summed E-state index contributed by atoms with van der Waals surface area (Å²) in [4.78, 5) is 26.0. The molecule has 3 atom stereocenters. The third-order valence-electron chi connectivity index (χ3n) is 4.69. The molecule has 1 aliphatic carbocycles. The van der Waals surface area contributed by atoms with Crippen LogP contribution in [0.15, 0.2) is 30.3 Å².